The smallest absolute Gasteiger partial charge is 0.0494 e. The van der Waals surface area contributed by atoms with Gasteiger partial charge in [-0.25, -0.2) is 0 Å². The third kappa shape index (κ3) is 8.08. The summed E-state index contributed by atoms with van der Waals surface area (Å²) in [6, 6.07) is 0. The molecule has 0 aromatic heterocycles. The Balaban J connectivity index is 4.20. The Bertz CT molecular complexity index is 179. The maximum Gasteiger partial charge on any atom is 0.0494 e. The quantitative estimate of drug-likeness (QED) is 0.685. The van der Waals surface area contributed by atoms with Crippen LogP contribution >= 0.6 is 0 Å². The molecule has 98 valence electrons. The van der Waals surface area contributed by atoms with E-state index in [2.05, 4.69) is 51.6 Å². The molecule has 0 spiro atoms. The summed E-state index contributed by atoms with van der Waals surface area (Å²) < 4.78 is 0. The van der Waals surface area contributed by atoms with Crippen LogP contribution in [0.2, 0.25) is 0 Å². The number of rotatable bonds is 8. The molecular weight excluding hydrogens is 200 g/mol. The van der Waals surface area contributed by atoms with Crippen LogP contribution in [0.3, 0.4) is 0 Å². The van der Waals surface area contributed by atoms with Crippen LogP contribution in [0.1, 0.15) is 27.7 Å². The van der Waals surface area contributed by atoms with Crippen molar-refractivity contribution in [2.45, 2.75) is 27.7 Å². The van der Waals surface area contributed by atoms with Crippen molar-refractivity contribution in [1.29, 1.82) is 0 Å². The van der Waals surface area contributed by atoms with E-state index in [9.17, 15) is 5.11 Å². The molecule has 0 heterocycles. The molecule has 0 aliphatic carbocycles. The van der Waals surface area contributed by atoms with Gasteiger partial charge in [0.2, 0.25) is 0 Å². The van der Waals surface area contributed by atoms with Crippen LogP contribution in [0.15, 0.2) is 0 Å². The number of aliphatic hydroxyl groups is 1. The van der Waals surface area contributed by atoms with Crippen molar-refractivity contribution in [2.24, 2.45) is 11.3 Å². The molecule has 0 atom stereocenters. The van der Waals surface area contributed by atoms with Crippen LogP contribution in [-0.4, -0.2) is 61.8 Å². The molecule has 0 saturated carbocycles. The number of nitrogens with zero attached hydrogens (tertiary/aromatic N) is 2. The normalized spacial score (nSPS) is 13.1. The average molecular weight is 230 g/mol. The van der Waals surface area contributed by atoms with Crippen LogP contribution in [0.25, 0.3) is 0 Å². The van der Waals surface area contributed by atoms with Crippen LogP contribution < -0.4 is 0 Å². The van der Waals surface area contributed by atoms with Crippen LogP contribution in [0, 0.1) is 11.3 Å². The lowest BCUT2D eigenvalue weighted by Gasteiger charge is -2.33. The summed E-state index contributed by atoms with van der Waals surface area (Å²) in [5.74, 6) is 0.677. The lowest BCUT2D eigenvalue weighted by Crippen LogP contribution is -2.41. The van der Waals surface area contributed by atoms with Gasteiger partial charge < -0.3 is 14.9 Å². The van der Waals surface area contributed by atoms with Gasteiger partial charge in [0.1, 0.15) is 0 Å². The van der Waals surface area contributed by atoms with Crippen molar-refractivity contribution in [3.63, 3.8) is 0 Å². The van der Waals surface area contributed by atoms with E-state index >= 15 is 0 Å². The van der Waals surface area contributed by atoms with Crippen LogP contribution in [0.5, 0.6) is 0 Å². The zero-order chi connectivity index (χ0) is 12.8. The molecule has 1 N–H and O–H groups in total. The summed E-state index contributed by atoms with van der Waals surface area (Å²) >= 11 is 0. The van der Waals surface area contributed by atoms with E-state index in [-0.39, 0.29) is 12.0 Å². The van der Waals surface area contributed by atoms with Gasteiger partial charge in [-0.3, -0.25) is 0 Å². The Labute approximate surface area is 101 Å². The molecule has 0 aliphatic rings. The minimum Gasteiger partial charge on any atom is -0.396 e. The highest BCUT2D eigenvalue weighted by Crippen LogP contribution is 2.16. The zero-order valence-corrected chi connectivity index (χ0v) is 12.0. The second-order valence-corrected chi connectivity index (χ2v) is 6.25. The molecule has 3 nitrogen and oxygen atoms in total. The van der Waals surface area contributed by atoms with E-state index in [1.54, 1.807) is 0 Å². The Kier molecular flexibility index (Phi) is 7.20. The molecule has 0 radical (unpaired) electrons. The van der Waals surface area contributed by atoms with Gasteiger partial charge in [-0.1, -0.05) is 27.7 Å². The topological polar surface area (TPSA) is 26.7 Å². The summed E-state index contributed by atoms with van der Waals surface area (Å²) in [6.07, 6.45) is 0. The SMILES string of the molecule is CC(C)CN(CCN(C)C)CC(C)(C)CO. The molecule has 0 aliphatic heterocycles. The number of hydrogen-bond acceptors (Lipinski definition) is 3. The first-order valence-corrected chi connectivity index (χ1v) is 6.25. The summed E-state index contributed by atoms with van der Waals surface area (Å²) in [6.45, 7) is 13.2. The van der Waals surface area contributed by atoms with Gasteiger partial charge in [-0.2, -0.15) is 0 Å². The zero-order valence-electron chi connectivity index (χ0n) is 12.0. The molecule has 0 fully saturated rings. The minimum atomic E-state index is 0.00119. The van der Waals surface area contributed by atoms with Crippen molar-refractivity contribution in [1.82, 2.24) is 9.80 Å². The Morgan fingerprint density at radius 1 is 1.12 bits per heavy atom. The van der Waals surface area contributed by atoms with Gasteiger partial charge in [0.25, 0.3) is 0 Å². The second kappa shape index (κ2) is 7.25. The van der Waals surface area contributed by atoms with Gasteiger partial charge >= 0.3 is 0 Å². The van der Waals surface area contributed by atoms with Gasteiger partial charge in [0, 0.05) is 38.2 Å². The maximum absolute atomic E-state index is 9.32. The van der Waals surface area contributed by atoms with E-state index in [0.29, 0.717) is 5.92 Å². The third-order valence-electron chi connectivity index (χ3n) is 2.57. The molecule has 3 heteroatoms. The molecule has 0 rings (SSSR count). The van der Waals surface area contributed by atoms with Crippen LogP contribution in [-0.2, 0) is 0 Å². The number of likely N-dealkylation sites (N-methyl/N-ethyl adjacent to an activating group) is 1. The van der Waals surface area contributed by atoms with Crippen LogP contribution in [0.4, 0.5) is 0 Å². The van der Waals surface area contributed by atoms with Crippen molar-refractivity contribution in [3.8, 4) is 0 Å². The lowest BCUT2D eigenvalue weighted by atomic mass is 9.93. The molecule has 0 aromatic carbocycles. The highest BCUT2D eigenvalue weighted by molar-refractivity contribution is 4.74. The summed E-state index contributed by atoms with van der Waals surface area (Å²) in [5.41, 5.74) is 0.00119. The van der Waals surface area contributed by atoms with Gasteiger partial charge in [-0.05, 0) is 20.0 Å². The van der Waals surface area contributed by atoms with Crippen molar-refractivity contribution in [2.75, 3.05) is 46.9 Å². The molecular formula is C13H30N2O. The van der Waals surface area contributed by atoms with E-state index in [0.717, 1.165) is 26.2 Å². The largest absolute Gasteiger partial charge is 0.396 e. The monoisotopic (exact) mass is 230 g/mol. The van der Waals surface area contributed by atoms with E-state index in [1.807, 2.05) is 0 Å². The summed E-state index contributed by atoms with van der Waals surface area (Å²) in [7, 11) is 4.20. The first-order chi connectivity index (χ1) is 7.26. The summed E-state index contributed by atoms with van der Waals surface area (Å²) in [5, 5.41) is 9.32. The Hall–Kier alpha value is -0.120. The highest BCUT2D eigenvalue weighted by Gasteiger charge is 2.21. The average Bonchev–Trinajstić information content (AvgIpc) is 2.13. The van der Waals surface area contributed by atoms with Crippen molar-refractivity contribution >= 4 is 0 Å². The second-order valence-electron chi connectivity index (χ2n) is 6.25. The fourth-order valence-corrected chi connectivity index (χ4v) is 1.75. The predicted octanol–water partition coefficient (Wildman–Crippen LogP) is 1.52. The fourth-order valence-electron chi connectivity index (χ4n) is 1.75. The van der Waals surface area contributed by atoms with Gasteiger partial charge in [-0.15, -0.1) is 0 Å². The third-order valence-corrected chi connectivity index (χ3v) is 2.57. The summed E-state index contributed by atoms with van der Waals surface area (Å²) in [4.78, 5) is 4.67. The van der Waals surface area contributed by atoms with Gasteiger partial charge in [0.15, 0.2) is 0 Å². The fraction of sp³-hybridized carbons (Fsp3) is 1.00. The molecule has 0 amide bonds. The standard InChI is InChI=1S/C13H30N2O/c1-12(2)9-15(8-7-14(5)6)10-13(3,4)11-16/h12,16H,7-11H2,1-6H3. The van der Waals surface area contributed by atoms with E-state index in [1.165, 1.54) is 0 Å². The molecule has 0 bridgehead atoms. The van der Waals surface area contributed by atoms with E-state index in [4.69, 9.17) is 0 Å². The van der Waals surface area contributed by atoms with Crippen molar-refractivity contribution < 1.29 is 5.11 Å². The van der Waals surface area contributed by atoms with E-state index < -0.39 is 0 Å². The molecule has 0 aromatic rings. The van der Waals surface area contributed by atoms with Gasteiger partial charge in [0.05, 0.1) is 0 Å². The maximum atomic E-state index is 9.32. The molecule has 0 saturated heterocycles. The number of aliphatic hydroxyl groups excluding tert-OH is 1. The number of hydrogen-bond donors (Lipinski definition) is 1. The highest BCUT2D eigenvalue weighted by atomic mass is 16.3. The Morgan fingerprint density at radius 2 is 1.69 bits per heavy atom. The lowest BCUT2D eigenvalue weighted by molar-refractivity contribution is 0.0923. The predicted molar refractivity (Wildman–Crippen MR) is 70.7 cm³/mol. The Morgan fingerprint density at radius 3 is 2.06 bits per heavy atom. The first kappa shape index (κ1) is 15.9. The first-order valence-electron chi connectivity index (χ1n) is 6.25. The molecule has 0 unspecified atom stereocenters. The minimum absolute atomic E-state index is 0.00119. The van der Waals surface area contributed by atoms with Crippen molar-refractivity contribution in [3.05, 3.63) is 0 Å². The molecule has 16 heavy (non-hydrogen) atoms.